The zero-order chi connectivity index (χ0) is 17.0. The van der Waals surface area contributed by atoms with Gasteiger partial charge in [0.1, 0.15) is 11.7 Å². The molecule has 1 unspecified atom stereocenters. The molecule has 7 nitrogen and oxygen atoms in total. The first-order valence-electron chi connectivity index (χ1n) is 7.50. The second-order valence-electron chi connectivity index (χ2n) is 5.54. The molecule has 0 aromatic heterocycles. The van der Waals surface area contributed by atoms with Crippen molar-refractivity contribution < 1.29 is 19.1 Å². The highest BCUT2D eigenvalue weighted by Crippen LogP contribution is 2.24. The first-order chi connectivity index (χ1) is 10.9. The van der Waals surface area contributed by atoms with Crippen LogP contribution in [0.5, 0.6) is 5.75 Å². The minimum Gasteiger partial charge on any atom is -0.494 e. The fourth-order valence-corrected chi connectivity index (χ4v) is 2.36. The van der Waals surface area contributed by atoms with Crippen LogP contribution in [0.25, 0.3) is 0 Å². The Bertz CT molecular complexity index is 598. The van der Waals surface area contributed by atoms with Crippen molar-refractivity contribution in [1.29, 1.82) is 0 Å². The van der Waals surface area contributed by atoms with Gasteiger partial charge in [0.15, 0.2) is 0 Å². The van der Waals surface area contributed by atoms with Gasteiger partial charge in [-0.1, -0.05) is 0 Å². The van der Waals surface area contributed by atoms with Crippen LogP contribution in [-0.4, -0.2) is 50.0 Å². The first-order valence-corrected chi connectivity index (χ1v) is 7.50. The molecule has 1 aliphatic heterocycles. The maximum atomic E-state index is 12.6. The average Bonchev–Trinajstić information content (AvgIpc) is 2.48. The predicted octanol–water partition coefficient (Wildman–Crippen LogP) is 1.24. The second kappa shape index (κ2) is 7.23. The zero-order valence-corrected chi connectivity index (χ0v) is 13.5. The number of ether oxygens (including phenoxy) is 1. The fourth-order valence-electron chi connectivity index (χ4n) is 2.36. The van der Waals surface area contributed by atoms with Gasteiger partial charge in [-0.2, -0.15) is 0 Å². The summed E-state index contributed by atoms with van der Waals surface area (Å²) in [5.41, 5.74) is 0.415. The number of amides is 4. The van der Waals surface area contributed by atoms with E-state index >= 15 is 0 Å². The number of barbiturate groups is 1. The summed E-state index contributed by atoms with van der Waals surface area (Å²) in [4.78, 5) is 39.4. The van der Waals surface area contributed by atoms with Crippen LogP contribution in [0.4, 0.5) is 10.5 Å². The second-order valence-corrected chi connectivity index (χ2v) is 5.54. The van der Waals surface area contributed by atoms with Crippen molar-refractivity contribution in [2.45, 2.75) is 13.3 Å². The Morgan fingerprint density at radius 3 is 2.39 bits per heavy atom. The van der Waals surface area contributed by atoms with Crippen molar-refractivity contribution in [3.63, 3.8) is 0 Å². The summed E-state index contributed by atoms with van der Waals surface area (Å²) >= 11 is 0. The van der Waals surface area contributed by atoms with Gasteiger partial charge in [-0.3, -0.25) is 14.9 Å². The molecule has 0 bridgehead atoms. The van der Waals surface area contributed by atoms with Gasteiger partial charge in [-0.15, -0.1) is 0 Å². The number of urea groups is 1. The van der Waals surface area contributed by atoms with Crippen LogP contribution in [0.1, 0.15) is 13.3 Å². The summed E-state index contributed by atoms with van der Waals surface area (Å²) in [6.07, 6.45) is 0.360. The number of anilines is 1. The molecule has 23 heavy (non-hydrogen) atoms. The summed E-state index contributed by atoms with van der Waals surface area (Å²) < 4.78 is 5.34. The number of hydrogen-bond donors (Lipinski definition) is 1. The quantitative estimate of drug-likeness (QED) is 0.798. The number of carbonyl (C=O) groups excluding carboxylic acids is 3. The van der Waals surface area contributed by atoms with E-state index in [2.05, 4.69) is 5.32 Å². The summed E-state index contributed by atoms with van der Waals surface area (Å²) in [7, 11) is 3.72. The maximum Gasteiger partial charge on any atom is 0.335 e. The van der Waals surface area contributed by atoms with Crippen molar-refractivity contribution in [3.8, 4) is 5.75 Å². The van der Waals surface area contributed by atoms with Crippen LogP contribution in [0, 0.1) is 5.92 Å². The van der Waals surface area contributed by atoms with Gasteiger partial charge in [0.05, 0.1) is 12.3 Å². The minimum atomic E-state index is -0.860. The van der Waals surface area contributed by atoms with E-state index in [1.54, 1.807) is 24.3 Å². The van der Waals surface area contributed by atoms with E-state index < -0.39 is 23.8 Å². The van der Waals surface area contributed by atoms with E-state index in [0.717, 1.165) is 4.90 Å². The third-order valence-electron chi connectivity index (χ3n) is 3.54. The fraction of sp³-hybridized carbons (Fsp3) is 0.438. The summed E-state index contributed by atoms with van der Waals surface area (Å²) in [6.45, 7) is 2.98. The Hall–Kier alpha value is -2.41. The molecule has 4 amide bonds. The van der Waals surface area contributed by atoms with Crippen LogP contribution in [0.3, 0.4) is 0 Å². The van der Waals surface area contributed by atoms with E-state index in [9.17, 15) is 14.4 Å². The van der Waals surface area contributed by atoms with E-state index in [4.69, 9.17) is 4.74 Å². The molecule has 1 saturated heterocycles. The molecule has 1 N–H and O–H groups in total. The smallest absolute Gasteiger partial charge is 0.335 e. The SMILES string of the molecule is CCOc1ccc(N2C(=O)NC(=O)C(CCN(C)C)C2=O)cc1. The molecule has 0 radical (unpaired) electrons. The Kier molecular flexibility index (Phi) is 5.33. The first kappa shape index (κ1) is 17.0. The highest BCUT2D eigenvalue weighted by atomic mass is 16.5. The Morgan fingerprint density at radius 1 is 1.17 bits per heavy atom. The number of hydrogen-bond acceptors (Lipinski definition) is 5. The summed E-state index contributed by atoms with van der Waals surface area (Å²) in [6, 6.07) is 5.91. The summed E-state index contributed by atoms with van der Waals surface area (Å²) in [5.74, 6) is -1.24. The maximum absolute atomic E-state index is 12.6. The van der Waals surface area contributed by atoms with Crippen LogP contribution >= 0.6 is 0 Å². The van der Waals surface area contributed by atoms with E-state index in [1.165, 1.54) is 0 Å². The van der Waals surface area contributed by atoms with Crippen molar-refractivity contribution >= 4 is 23.5 Å². The van der Waals surface area contributed by atoms with Crippen LogP contribution in [-0.2, 0) is 9.59 Å². The third kappa shape index (κ3) is 3.87. The highest BCUT2D eigenvalue weighted by Gasteiger charge is 2.40. The van der Waals surface area contributed by atoms with Crippen molar-refractivity contribution in [1.82, 2.24) is 10.2 Å². The standard InChI is InChI=1S/C16H21N3O4/c1-4-23-12-7-5-11(6-8-12)19-15(21)13(9-10-18(2)3)14(20)17-16(19)22/h5-8,13H,4,9-10H2,1-3H3,(H,17,20,22). The lowest BCUT2D eigenvalue weighted by molar-refractivity contribution is -0.134. The van der Waals surface area contributed by atoms with Crippen molar-refractivity contribution in [2.75, 3.05) is 32.1 Å². The average molecular weight is 319 g/mol. The third-order valence-corrected chi connectivity index (χ3v) is 3.54. The molecule has 1 fully saturated rings. The minimum absolute atomic E-state index is 0.360. The van der Waals surface area contributed by atoms with Gasteiger partial charge in [-0.05, 0) is 58.3 Å². The normalized spacial score (nSPS) is 18.3. The Morgan fingerprint density at radius 2 is 1.83 bits per heavy atom. The molecule has 1 aromatic carbocycles. The molecule has 1 aliphatic rings. The lowest BCUT2D eigenvalue weighted by atomic mass is 10.00. The molecule has 1 aromatic rings. The lowest BCUT2D eigenvalue weighted by Crippen LogP contribution is -2.58. The Labute approximate surface area is 135 Å². The molecule has 7 heteroatoms. The molecular weight excluding hydrogens is 298 g/mol. The number of nitrogens with zero attached hydrogens (tertiary/aromatic N) is 2. The highest BCUT2D eigenvalue weighted by molar-refractivity contribution is 6.27. The molecule has 0 saturated carbocycles. The van der Waals surface area contributed by atoms with E-state index in [0.29, 0.717) is 31.0 Å². The van der Waals surface area contributed by atoms with Crippen LogP contribution in [0.15, 0.2) is 24.3 Å². The monoisotopic (exact) mass is 319 g/mol. The molecule has 0 spiro atoms. The molecule has 0 aliphatic carbocycles. The molecule has 1 atom stereocenters. The van der Waals surface area contributed by atoms with Crippen molar-refractivity contribution in [3.05, 3.63) is 24.3 Å². The van der Waals surface area contributed by atoms with Crippen LogP contribution < -0.4 is 15.0 Å². The summed E-state index contributed by atoms with van der Waals surface area (Å²) in [5, 5.41) is 2.25. The number of rotatable bonds is 6. The number of nitrogens with one attached hydrogen (secondary N) is 1. The van der Waals surface area contributed by atoms with E-state index in [-0.39, 0.29) is 0 Å². The lowest BCUT2D eigenvalue weighted by Gasteiger charge is -2.30. The molecule has 1 heterocycles. The number of imide groups is 2. The largest absolute Gasteiger partial charge is 0.494 e. The van der Waals surface area contributed by atoms with Gasteiger partial charge in [0, 0.05) is 0 Å². The van der Waals surface area contributed by atoms with Gasteiger partial charge in [0.2, 0.25) is 11.8 Å². The van der Waals surface area contributed by atoms with Gasteiger partial charge < -0.3 is 9.64 Å². The van der Waals surface area contributed by atoms with Crippen LogP contribution in [0.2, 0.25) is 0 Å². The van der Waals surface area contributed by atoms with Gasteiger partial charge in [-0.25, -0.2) is 9.69 Å². The number of benzene rings is 1. The Balaban J connectivity index is 2.20. The van der Waals surface area contributed by atoms with E-state index in [1.807, 2.05) is 25.9 Å². The molecule has 2 rings (SSSR count). The zero-order valence-electron chi connectivity index (χ0n) is 13.5. The predicted molar refractivity (Wildman–Crippen MR) is 85.3 cm³/mol. The van der Waals surface area contributed by atoms with Gasteiger partial charge >= 0.3 is 6.03 Å². The molecule has 124 valence electrons. The topological polar surface area (TPSA) is 79.0 Å². The number of carbonyl (C=O) groups is 3. The van der Waals surface area contributed by atoms with Crippen molar-refractivity contribution in [2.24, 2.45) is 5.92 Å². The van der Waals surface area contributed by atoms with Gasteiger partial charge in [0.25, 0.3) is 0 Å². The molecular formula is C16H21N3O4.